The van der Waals surface area contributed by atoms with Crippen LogP contribution in [-0.2, 0) is 12.4 Å². The molecule has 3 rings (SSSR count). The van der Waals surface area contributed by atoms with E-state index in [2.05, 4.69) is 5.32 Å². The Bertz CT molecular complexity index is 1270. The first-order valence-corrected chi connectivity index (χ1v) is 9.46. The monoisotopic (exact) mass is 503 g/mol. The number of benzene rings is 3. The second-order valence-corrected chi connectivity index (χ2v) is 7.03. The largest absolute Gasteiger partial charge is 0.416 e. The Morgan fingerprint density at radius 1 is 0.629 bits per heavy atom. The van der Waals surface area contributed by atoms with Gasteiger partial charge in [-0.2, -0.15) is 26.3 Å². The van der Waals surface area contributed by atoms with Crippen molar-refractivity contribution in [3.8, 4) is 0 Å². The second-order valence-electron chi connectivity index (χ2n) is 7.03. The molecule has 0 saturated carbocycles. The number of halogens is 8. The van der Waals surface area contributed by atoms with E-state index in [0.29, 0.717) is 24.3 Å². The fourth-order valence-corrected chi connectivity index (χ4v) is 2.87. The zero-order chi connectivity index (χ0) is 26.0. The van der Waals surface area contributed by atoms with Crippen molar-refractivity contribution >= 4 is 29.0 Å². The van der Waals surface area contributed by atoms with Gasteiger partial charge in [0.25, 0.3) is 5.91 Å². The number of hydrogen-bond acceptors (Lipinski definition) is 2. The highest BCUT2D eigenvalue weighted by Gasteiger charge is 2.32. The van der Waals surface area contributed by atoms with Crippen molar-refractivity contribution in [1.29, 1.82) is 0 Å². The Hall–Kier alpha value is -4.16. The third kappa shape index (κ3) is 6.68. The third-order valence-corrected chi connectivity index (χ3v) is 4.40. The van der Waals surface area contributed by atoms with Crippen LogP contribution in [0, 0.1) is 11.6 Å². The molecular weight excluding hydrogens is 490 g/mol. The molecule has 0 fully saturated rings. The summed E-state index contributed by atoms with van der Waals surface area (Å²) in [6.07, 6.45) is -9.61. The lowest BCUT2D eigenvalue weighted by atomic mass is 10.1. The van der Waals surface area contributed by atoms with Crippen LogP contribution in [0.4, 0.5) is 57.0 Å². The maximum absolute atomic E-state index is 13.8. The Morgan fingerprint density at radius 2 is 1.20 bits per heavy atom. The van der Waals surface area contributed by atoms with Gasteiger partial charge in [-0.15, -0.1) is 0 Å². The van der Waals surface area contributed by atoms with Crippen LogP contribution >= 0.6 is 0 Å². The van der Waals surface area contributed by atoms with E-state index in [0.717, 1.165) is 36.4 Å². The lowest BCUT2D eigenvalue weighted by Gasteiger charge is -2.15. The highest BCUT2D eigenvalue weighted by molar-refractivity contribution is 6.05. The minimum Gasteiger partial charge on any atom is -0.322 e. The van der Waals surface area contributed by atoms with Gasteiger partial charge in [-0.05, 0) is 48.5 Å². The van der Waals surface area contributed by atoms with Crippen molar-refractivity contribution in [2.45, 2.75) is 12.4 Å². The predicted molar refractivity (Wildman–Crippen MR) is 110 cm³/mol. The average Bonchev–Trinajstić information content (AvgIpc) is 2.72. The summed E-state index contributed by atoms with van der Waals surface area (Å²) >= 11 is 0. The Kier molecular flexibility index (Phi) is 6.99. The van der Waals surface area contributed by atoms with Crippen molar-refractivity contribution in [2.75, 3.05) is 16.0 Å². The molecule has 0 spiro atoms. The number of hydrogen-bond donors (Lipinski definition) is 3. The molecule has 3 N–H and O–H groups in total. The van der Waals surface area contributed by atoms with Gasteiger partial charge in [0.1, 0.15) is 11.6 Å². The fraction of sp³-hybridized carbons (Fsp3) is 0.0909. The molecule has 184 valence electrons. The molecule has 0 heterocycles. The molecule has 0 bridgehead atoms. The third-order valence-electron chi connectivity index (χ3n) is 4.40. The summed E-state index contributed by atoms with van der Waals surface area (Å²) in [5.74, 6) is -3.43. The highest BCUT2D eigenvalue weighted by Crippen LogP contribution is 2.34. The van der Waals surface area contributed by atoms with Crippen LogP contribution in [0.25, 0.3) is 0 Å². The van der Waals surface area contributed by atoms with Gasteiger partial charge in [-0.25, -0.2) is 13.6 Å². The Balaban J connectivity index is 1.83. The molecule has 5 nitrogen and oxygen atoms in total. The van der Waals surface area contributed by atoms with E-state index in [4.69, 9.17) is 0 Å². The summed E-state index contributed by atoms with van der Waals surface area (Å²) in [6.45, 7) is 0. The maximum Gasteiger partial charge on any atom is 0.416 e. The van der Waals surface area contributed by atoms with E-state index in [-0.39, 0.29) is 5.69 Å². The van der Waals surface area contributed by atoms with Crippen LogP contribution in [-0.4, -0.2) is 11.9 Å². The molecule has 0 unspecified atom stereocenters. The van der Waals surface area contributed by atoms with E-state index < -0.39 is 64.0 Å². The number of nitrogens with one attached hydrogen (secondary N) is 3. The average molecular weight is 503 g/mol. The molecule has 0 aromatic heterocycles. The number of carbonyl (C=O) groups is 2. The van der Waals surface area contributed by atoms with E-state index in [1.54, 1.807) is 0 Å². The van der Waals surface area contributed by atoms with E-state index >= 15 is 0 Å². The topological polar surface area (TPSA) is 70.2 Å². The van der Waals surface area contributed by atoms with Gasteiger partial charge in [0, 0.05) is 23.1 Å². The molecule has 0 aliphatic heterocycles. The zero-order valence-corrected chi connectivity index (χ0v) is 17.1. The van der Waals surface area contributed by atoms with Gasteiger partial charge >= 0.3 is 18.4 Å². The summed E-state index contributed by atoms with van der Waals surface area (Å²) < 4.78 is 105. The van der Waals surface area contributed by atoms with Crippen LogP contribution in [0.3, 0.4) is 0 Å². The first-order valence-electron chi connectivity index (χ1n) is 9.46. The Morgan fingerprint density at radius 3 is 1.80 bits per heavy atom. The maximum atomic E-state index is 13.8. The molecule has 3 amide bonds. The first kappa shape index (κ1) is 25.5. The van der Waals surface area contributed by atoms with Crippen molar-refractivity contribution < 1.29 is 44.7 Å². The predicted octanol–water partition coefficient (Wildman–Crippen LogP) is 6.90. The lowest BCUT2D eigenvalue weighted by molar-refractivity contribution is -0.138. The number of rotatable bonds is 4. The van der Waals surface area contributed by atoms with Crippen LogP contribution < -0.4 is 16.0 Å². The second kappa shape index (κ2) is 9.60. The highest BCUT2D eigenvalue weighted by atomic mass is 19.4. The smallest absolute Gasteiger partial charge is 0.322 e. The van der Waals surface area contributed by atoms with Gasteiger partial charge in [-0.1, -0.05) is 6.07 Å². The van der Waals surface area contributed by atoms with E-state index in [1.807, 2.05) is 10.6 Å². The minimum absolute atomic E-state index is 0.287. The molecule has 0 radical (unpaired) electrons. The molecule has 0 atom stereocenters. The summed E-state index contributed by atoms with van der Waals surface area (Å²) in [5.41, 5.74) is -4.29. The molecule has 35 heavy (non-hydrogen) atoms. The summed E-state index contributed by atoms with van der Waals surface area (Å²) in [6, 6.07) is 6.25. The van der Waals surface area contributed by atoms with Crippen molar-refractivity contribution in [1.82, 2.24) is 0 Å². The number of amides is 3. The van der Waals surface area contributed by atoms with E-state index in [1.165, 1.54) is 0 Å². The number of carbonyl (C=O) groups excluding carboxylic acids is 2. The van der Waals surface area contributed by atoms with Gasteiger partial charge in [0.15, 0.2) is 0 Å². The van der Waals surface area contributed by atoms with Gasteiger partial charge < -0.3 is 16.0 Å². The van der Waals surface area contributed by atoms with Gasteiger partial charge in [0.2, 0.25) is 0 Å². The molecule has 3 aromatic carbocycles. The molecule has 13 heteroatoms. The standard InChI is InChI=1S/C22H13F8N3O2/c23-13-4-5-17(18(24)9-13)19(34)31-15-7-12(22(28,29)30)8-16(10-15)33-20(35)32-14-3-1-2-11(6-14)21(25,26)27/h1-10H,(H,31,34)(H2,32,33,35). The quantitative estimate of drug-likeness (QED) is 0.339. The van der Waals surface area contributed by atoms with Crippen molar-refractivity contribution in [3.63, 3.8) is 0 Å². The minimum atomic E-state index is -4.92. The molecule has 3 aromatic rings. The van der Waals surface area contributed by atoms with E-state index in [9.17, 15) is 44.7 Å². The van der Waals surface area contributed by atoms with Gasteiger partial charge in [0.05, 0.1) is 16.7 Å². The normalized spacial score (nSPS) is 11.7. The molecule has 0 aliphatic rings. The summed E-state index contributed by atoms with van der Waals surface area (Å²) in [4.78, 5) is 24.4. The molecule has 0 saturated heterocycles. The summed E-state index contributed by atoms with van der Waals surface area (Å²) in [7, 11) is 0. The Labute approximate surface area is 191 Å². The number of anilines is 3. The number of alkyl halides is 6. The zero-order valence-electron chi connectivity index (χ0n) is 17.1. The SMILES string of the molecule is O=C(Nc1cccc(C(F)(F)F)c1)Nc1cc(NC(=O)c2ccc(F)cc2F)cc(C(F)(F)F)c1. The van der Waals surface area contributed by atoms with Crippen LogP contribution in [0.5, 0.6) is 0 Å². The fourth-order valence-electron chi connectivity index (χ4n) is 2.87. The summed E-state index contributed by atoms with van der Waals surface area (Å²) in [5, 5.41) is 6.10. The van der Waals surface area contributed by atoms with Crippen LogP contribution in [0.2, 0.25) is 0 Å². The van der Waals surface area contributed by atoms with Crippen LogP contribution in [0.1, 0.15) is 21.5 Å². The van der Waals surface area contributed by atoms with Crippen molar-refractivity contribution in [3.05, 3.63) is 89.0 Å². The number of urea groups is 1. The lowest BCUT2D eigenvalue weighted by Crippen LogP contribution is -2.21. The first-order chi connectivity index (χ1) is 16.2. The van der Waals surface area contributed by atoms with Crippen molar-refractivity contribution in [2.24, 2.45) is 0 Å². The molecular formula is C22H13F8N3O2. The molecule has 0 aliphatic carbocycles. The van der Waals surface area contributed by atoms with Gasteiger partial charge in [-0.3, -0.25) is 4.79 Å². The van der Waals surface area contributed by atoms with Crippen LogP contribution in [0.15, 0.2) is 60.7 Å².